The van der Waals surface area contributed by atoms with E-state index in [9.17, 15) is 19.2 Å². The lowest BCUT2D eigenvalue weighted by Crippen LogP contribution is -2.34. The third-order valence-corrected chi connectivity index (χ3v) is 4.18. The monoisotopic (exact) mass is 424 g/mol. The Balaban J connectivity index is 1.52. The van der Waals surface area contributed by atoms with E-state index in [-0.39, 0.29) is 24.2 Å². The number of ether oxygens (including phenoxy) is 2. The molecule has 160 valence electrons. The summed E-state index contributed by atoms with van der Waals surface area (Å²) in [5.41, 5.74) is 4.60. The Hall–Kier alpha value is -4.21. The number of amides is 2. The number of carbonyl (C=O) groups excluding carboxylic acids is 3. The number of nitrogens with one attached hydrogen (secondary N) is 1. The van der Waals surface area contributed by atoms with Crippen LogP contribution in [0.1, 0.15) is 10.5 Å². The first-order valence-corrected chi connectivity index (χ1v) is 9.35. The van der Waals surface area contributed by atoms with Gasteiger partial charge in [-0.3, -0.25) is 19.2 Å². The minimum atomic E-state index is -0.865. The number of para-hydroxylation sites is 1. The van der Waals surface area contributed by atoms with Gasteiger partial charge in [0.15, 0.2) is 12.3 Å². The van der Waals surface area contributed by atoms with Gasteiger partial charge in [-0.05, 0) is 18.2 Å². The summed E-state index contributed by atoms with van der Waals surface area (Å²) >= 11 is 0. The molecule has 3 aromatic rings. The third kappa shape index (κ3) is 5.66. The number of primary amides is 1. The van der Waals surface area contributed by atoms with E-state index in [1.807, 2.05) is 18.2 Å². The molecular weight excluding hydrogens is 404 g/mol. The number of rotatable bonds is 9. The van der Waals surface area contributed by atoms with Crippen molar-refractivity contribution >= 4 is 28.6 Å². The minimum absolute atomic E-state index is 0.140. The van der Waals surface area contributed by atoms with Crippen LogP contribution in [0.2, 0.25) is 0 Å². The van der Waals surface area contributed by atoms with Crippen molar-refractivity contribution in [2.75, 3.05) is 19.8 Å². The van der Waals surface area contributed by atoms with Gasteiger partial charge in [0.2, 0.25) is 0 Å². The Morgan fingerprint density at radius 1 is 1.00 bits per heavy atom. The number of esters is 1. The van der Waals surface area contributed by atoms with Gasteiger partial charge in [-0.15, -0.1) is 0 Å². The van der Waals surface area contributed by atoms with Crippen molar-refractivity contribution < 1.29 is 23.9 Å². The van der Waals surface area contributed by atoms with E-state index in [4.69, 9.17) is 15.2 Å². The van der Waals surface area contributed by atoms with Gasteiger partial charge in [-0.25, -0.2) is 4.68 Å². The number of nitrogens with two attached hydrogens (primary N) is 1. The molecule has 0 radical (unpaired) electrons. The maximum Gasteiger partial charge on any atom is 0.328 e. The summed E-state index contributed by atoms with van der Waals surface area (Å²) in [6.45, 7) is -0.640. The molecule has 0 aliphatic rings. The van der Waals surface area contributed by atoms with Gasteiger partial charge in [-0.2, -0.15) is 5.10 Å². The second-order valence-electron chi connectivity index (χ2n) is 6.39. The van der Waals surface area contributed by atoms with Crippen LogP contribution in [0.4, 0.5) is 0 Å². The summed E-state index contributed by atoms with van der Waals surface area (Å²) in [5.74, 6) is -1.56. The molecule has 0 saturated heterocycles. The second kappa shape index (κ2) is 10.0. The highest BCUT2D eigenvalue weighted by atomic mass is 16.5. The van der Waals surface area contributed by atoms with E-state index in [0.29, 0.717) is 11.1 Å². The zero-order valence-corrected chi connectivity index (χ0v) is 16.4. The molecule has 1 heterocycles. The fraction of sp³-hybridized carbons (Fsp3) is 0.190. The van der Waals surface area contributed by atoms with Crippen LogP contribution in [0.5, 0.6) is 5.75 Å². The summed E-state index contributed by atoms with van der Waals surface area (Å²) in [6, 6.07) is 15.4. The van der Waals surface area contributed by atoms with Crippen LogP contribution in [0, 0.1) is 0 Å². The first-order valence-electron chi connectivity index (χ1n) is 9.35. The largest absolute Gasteiger partial charge is 0.492 e. The van der Waals surface area contributed by atoms with E-state index >= 15 is 0 Å². The predicted molar refractivity (Wildman–Crippen MR) is 110 cm³/mol. The van der Waals surface area contributed by atoms with Crippen LogP contribution >= 0.6 is 0 Å². The Kier molecular flexibility index (Phi) is 6.94. The molecule has 10 nitrogen and oxygen atoms in total. The number of fused-ring (bicyclic) bond motifs is 1. The molecule has 3 N–H and O–H groups in total. The van der Waals surface area contributed by atoms with Crippen molar-refractivity contribution in [3.05, 3.63) is 70.6 Å². The lowest BCUT2D eigenvalue weighted by Gasteiger charge is -2.10. The molecule has 0 unspecified atom stereocenters. The number of benzene rings is 2. The average molecular weight is 424 g/mol. The van der Waals surface area contributed by atoms with E-state index in [1.165, 1.54) is 6.07 Å². The van der Waals surface area contributed by atoms with E-state index in [0.717, 1.165) is 4.68 Å². The lowest BCUT2D eigenvalue weighted by molar-refractivity contribution is -0.149. The van der Waals surface area contributed by atoms with Crippen LogP contribution in [0.3, 0.4) is 0 Å². The van der Waals surface area contributed by atoms with E-state index in [2.05, 4.69) is 10.4 Å². The molecule has 2 aromatic carbocycles. The highest BCUT2D eigenvalue weighted by molar-refractivity contribution is 6.04. The first kappa shape index (κ1) is 21.5. The molecule has 0 saturated carbocycles. The molecule has 31 heavy (non-hydrogen) atoms. The zero-order chi connectivity index (χ0) is 22.2. The summed E-state index contributed by atoms with van der Waals surface area (Å²) in [6.07, 6.45) is 0. The van der Waals surface area contributed by atoms with Crippen LogP contribution in [-0.4, -0.2) is 47.3 Å². The molecule has 0 atom stereocenters. The summed E-state index contributed by atoms with van der Waals surface area (Å²) < 4.78 is 11.1. The van der Waals surface area contributed by atoms with Gasteiger partial charge in [0.1, 0.15) is 18.9 Å². The third-order valence-electron chi connectivity index (χ3n) is 4.18. The molecule has 1 aromatic heterocycles. The Labute approximate surface area is 176 Å². The van der Waals surface area contributed by atoms with Crippen molar-refractivity contribution in [3.8, 4) is 5.75 Å². The van der Waals surface area contributed by atoms with Crippen molar-refractivity contribution in [1.82, 2.24) is 15.1 Å². The van der Waals surface area contributed by atoms with Crippen molar-refractivity contribution in [2.45, 2.75) is 6.54 Å². The Bertz CT molecular complexity index is 1160. The standard InChI is InChI=1S/C21H20N4O6/c22-20(28)19-15-8-4-5-9-16(15)21(29)25(24-19)12-18(27)31-13-17(26)23-10-11-30-14-6-2-1-3-7-14/h1-9H,10-13H2,(H2,22,28)(H,23,26). The zero-order valence-electron chi connectivity index (χ0n) is 16.4. The molecule has 0 fully saturated rings. The molecule has 10 heteroatoms. The van der Waals surface area contributed by atoms with Crippen LogP contribution in [0.15, 0.2) is 59.4 Å². The molecule has 0 spiro atoms. The summed E-state index contributed by atoms with van der Waals surface area (Å²) in [7, 11) is 0. The number of hydrogen-bond donors (Lipinski definition) is 2. The molecule has 3 rings (SSSR count). The van der Waals surface area contributed by atoms with Crippen molar-refractivity contribution in [3.63, 3.8) is 0 Å². The molecule has 0 aliphatic carbocycles. The highest BCUT2D eigenvalue weighted by Crippen LogP contribution is 2.12. The topological polar surface area (TPSA) is 143 Å². The smallest absolute Gasteiger partial charge is 0.328 e. The van der Waals surface area contributed by atoms with Gasteiger partial charge < -0.3 is 20.5 Å². The molecule has 0 aliphatic heterocycles. The van der Waals surface area contributed by atoms with Crippen LogP contribution in [-0.2, 0) is 20.9 Å². The first-order chi connectivity index (χ1) is 15.0. The number of carbonyl (C=O) groups is 3. The highest BCUT2D eigenvalue weighted by Gasteiger charge is 2.17. The molecule has 0 bridgehead atoms. The summed E-state index contributed by atoms with van der Waals surface area (Å²) in [4.78, 5) is 48.0. The minimum Gasteiger partial charge on any atom is -0.492 e. The molecule has 2 amide bonds. The van der Waals surface area contributed by atoms with Gasteiger partial charge in [0.25, 0.3) is 17.4 Å². The maximum absolute atomic E-state index is 12.5. The number of hydrogen-bond acceptors (Lipinski definition) is 7. The normalized spacial score (nSPS) is 10.5. The lowest BCUT2D eigenvalue weighted by atomic mass is 10.1. The average Bonchev–Trinajstić information content (AvgIpc) is 2.78. The second-order valence-corrected chi connectivity index (χ2v) is 6.39. The SMILES string of the molecule is NC(=O)c1nn(CC(=O)OCC(=O)NCCOc2ccccc2)c(=O)c2ccccc12. The van der Waals surface area contributed by atoms with Crippen molar-refractivity contribution in [1.29, 1.82) is 0 Å². The van der Waals surface area contributed by atoms with Gasteiger partial charge in [0, 0.05) is 5.39 Å². The van der Waals surface area contributed by atoms with Gasteiger partial charge in [0.05, 0.1) is 11.9 Å². The quantitative estimate of drug-likeness (QED) is 0.370. The van der Waals surface area contributed by atoms with E-state index < -0.39 is 36.5 Å². The van der Waals surface area contributed by atoms with Crippen molar-refractivity contribution in [2.24, 2.45) is 5.73 Å². The summed E-state index contributed by atoms with van der Waals surface area (Å²) in [5, 5.41) is 6.90. The van der Waals surface area contributed by atoms with Crippen LogP contribution in [0.25, 0.3) is 10.8 Å². The van der Waals surface area contributed by atoms with Crippen LogP contribution < -0.4 is 21.3 Å². The Morgan fingerprint density at radius 3 is 2.39 bits per heavy atom. The number of aromatic nitrogens is 2. The fourth-order valence-corrected chi connectivity index (χ4v) is 2.77. The molecular formula is C21H20N4O6. The number of nitrogens with zero attached hydrogens (tertiary/aromatic N) is 2. The maximum atomic E-state index is 12.5. The van der Waals surface area contributed by atoms with Gasteiger partial charge in [-0.1, -0.05) is 36.4 Å². The van der Waals surface area contributed by atoms with Gasteiger partial charge >= 0.3 is 5.97 Å². The fourth-order valence-electron chi connectivity index (χ4n) is 2.77. The predicted octanol–water partition coefficient (Wildman–Crippen LogP) is 0.234. The Morgan fingerprint density at radius 2 is 1.68 bits per heavy atom. The van der Waals surface area contributed by atoms with E-state index in [1.54, 1.807) is 30.3 Å².